The van der Waals surface area contributed by atoms with Crippen molar-refractivity contribution in [2.75, 3.05) is 12.8 Å². The van der Waals surface area contributed by atoms with E-state index in [-0.39, 0.29) is 5.91 Å². The summed E-state index contributed by atoms with van der Waals surface area (Å²) in [5.41, 5.74) is 3.80. The summed E-state index contributed by atoms with van der Waals surface area (Å²) in [6, 6.07) is 11.8. The van der Waals surface area contributed by atoms with E-state index in [1.54, 1.807) is 12.4 Å². The summed E-state index contributed by atoms with van der Waals surface area (Å²) in [6.07, 6.45) is 7.97. The van der Waals surface area contributed by atoms with Gasteiger partial charge in [-0.25, -0.2) is 4.98 Å². The van der Waals surface area contributed by atoms with Gasteiger partial charge in [-0.05, 0) is 48.9 Å². The number of amides is 1. The van der Waals surface area contributed by atoms with Gasteiger partial charge in [-0.3, -0.25) is 14.3 Å². The molecule has 0 aliphatic carbocycles. The highest BCUT2D eigenvalue weighted by atomic mass is 32.2. The summed E-state index contributed by atoms with van der Waals surface area (Å²) in [5.74, 6) is -0.122. The smallest absolute Gasteiger partial charge is 0.269 e. The Morgan fingerprint density at radius 2 is 2.00 bits per heavy atom. The first-order valence-electron chi connectivity index (χ1n) is 8.05. The average molecular weight is 352 g/mol. The van der Waals surface area contributed by atoms with E-state index in [1.807, 2.05) is 60.3 Å². The van der Waals surface area contributed by atoms with Crippen molar-refractivity contribution >= 4 is 17.7 Å². The van der Waals surface area contributed by atoms with Crippen LogP contribution in [-0.2, 0) is 6.42 Å². The Labute approximate surface area is 151 Å². The van der Waals surface area contributed by atoms with E-state index < -0.39 is 0 Å². The molecule has 0 unspecified atom stereocenters. The Morgan fingerprint density at radius 3 is 2.72 bits per heavy atom. The first-order chi connectivity index (χ1) is 12.2. The molecule has 0 radical (unpaired) electrons. The maximum atomic E-state index is 12.6. The lowest BCUT2D eigenvalue weighted by Crippen LogP contribution is -2.27. The maximum Gasteiger partial charge on any atom is 0.269 e. The molecule has 0 atom stereocenters. The summed E-state index contributed by atoms with van der Waals surface area (Å²) in [7, 11) is 0. The number of imidazole rings is 1. The number of hydrogen-bond donors (Lipinski definition) is 1. The molecule has 25 heavy (non-hydrogen) atoms. The molecular weight excluding hydrogens is 332 g/mol. The summed E-state index contributed by atoms with van der Waals surface area (Å²) >= 11 is 1.52. The van der Waals surface area contributed by atoms with Crippen molar-refractivity contribution in [3.05, 3.63) is 71.8 Å². The molecule has 1 N–H and O–H groups in total. The number of hydrogen-bond acceptors (Lipinski definition) is 4. The minimum Gasteiger partial charge on any atom is -0.350 e. The predicted molar refractivity (Wildman–Crippen MR) is 100 cm³/mol. The lowest BCUT2D eigenvalue weighted by Gasteiger charge is -2.11. The van der Waals surface area contributed by atoms with Crippen molar-refractivity contribution in [3.8, 4) is 5.69 Å². The molecule has 0 bridgehead atoms. The second-order valence-corrected chi connectivity index (χ2v) is 6.38. The summed E-state index contributed by atoms with van der Waals surface area (Å²) in [6.45, 7) is 2.59. The number of carbonyl (C=O) groups excluding carboxylic acids is 1. The van der Waals surface area contributed by atoms with Crippen molar-refractivity contribution in [1.82, 2.24) is 19.9 Å². The van der Waals surface area contributed by atoms with Crippen LogP contribution in [-0.4, -0.2) is 33.2 Å². The molecule has 0 aliphatic heterocycles. The molecule has 0 saturated heterocycles. The summed E-state index contributed by atoms with van der Waals surface area (Å²) in [4.78, 5) is 21.1. The van der Waals surface area contributed by atoms with Gasteiger partial charge in [0, 0.05) is 24.6 Å². The fourth-order valence-electron chi connectivity index (χ4n) is 2.65. The van der Waals surface area contributed by atoms with E-state index in [2.05, 4.69) is 15.3 Å². The molecule has 2 aromatic heterocycles. The zero-order valence-electron chi connectivity index (χ0n) is 14.3. The van der Waals surface area contributed by atoms with E-state index in [4.69, 9.17) is 0 Å². The Morgan fingerprint density at radius 1 is 1.20 bits per heavy atom. The molecule has 3 aromatic rings. The average Bonchev–Trinajstić information content (AvgIpc) is 3.08. The van der Waals surface area contributed by atoms with Gasteiger partial charge >= 0.3 is 0 Å². The number of nitrogens with one attached hydrogen (secondary N) is 1. The van der Waals surface area contributed by atoms with Gasteiger partial charge in [0.1, 0.15) is 5.69 Å². The quantitative estimate of drug-likeness (QED) is 0.692. The number of thioether (sulfide) groups is 1. The van der Waals surface area contributed by atoms with Gasteiger partial charge in [-0.1, -0.05) is 30.0 Å². The molecule has 0 spiro atoms. The molecule has 0 aliphatic rings. The topological polar surface area (TPSA) is 59.8 Å². The first kappa shape index (κ1) is 17.2. The SMILES string of the molecule is CSc1ncc(C(=O)NCCc2ccncc2C)n1-c1ccccc1. The Kier molecular flexibility index (Phi) is 5.50. The largest absolute Gasteiger partial charge is 0.350 e. The summed E-state index contributed by atoms with van der Waals surface area (Å²) < 4.78 is 1.89. The van der Waals surface area contributed by atoms with Gasteiger partial charge in [0.15, 0.2) is 5.16 Å². The third kappa shape index (κ3) is 3.91. The van der Waals surface area contributed by atoms with E-state index in [0.29, 0.717) is 12.2 Å². The Hall–Kier alpha value is -2.60. The molecular formula is C19H20N4OS. The predicted octanol–water partition coefficient (Wildman–Crippen LogP) is 3.27. The van der Waals surface area contributed by atoms with Crippen LogP contribution in [0.4, 0.5) is 0 Å². The van der Waals surface area contributed by atoms with E-state index in [9.17, 15) is 4.79 Å². The zero-order valence-corrected chi connectivity index (χ0v) is 15.1. The number of carbonyl (C=O) groups is 1. The van der Waals surface area contributed by atoms with Crippen LogP contribution in [0.1, 0.15) is 21.6 Å². The monoisotopic (exact) mass is 352 g/mol. The number of nitrogens with zero attached hydrogens (tertiary/aromatic N) is 3. The maximum absolute atomic E-state index is 12.6. The Bertz CT molecular complexity index is 861. The molecule has 3 rings (SSSR count). The van der Waals surface area contributed by atoms with Crippen molar-refractivity contribution in [2.24, 2.45) is 0 Å². The first-order valence-corrected chi connectivity index (χ1v) is 9.28. The van der Waals surface area contributed by atoms with Gasteiger partial charge in [0.2, 0.25) is 0 Å². The van der Waals surface area contributed by atoms with Crippen LogP contribution >= 0.6 is 11.8 Å². The van der Waals surface area contributed by atoms with Crippen LogP contribution in [0.5, 0.6) is 0 Å². The van der Waals surface area contributed by atoms with Crippen molar-refractivity contribution in [3.63, 3.8) is 0 Å². The normalized spacial score (nSPS) is 10.6. The lowest BCUT2D eigenvalue weighted by atomic mass is 10.1. The molecule has 6 heteroatoms. The van der Waals surface area contributed by atoms with Crippen LogP contribution in [0.25, 0.3) is 5.69 Å². The molecule has 128 valence electrons. The summed E-state index contributed by atoms with van der Waals surface area (Å²) in [5, 5.41) is 3.79. The highest BCUT2D eigenvalue weighted by molar-refractivity contribution is 7.98. The van der Waals surface area contributed by atoms with Crippen LogP contribution < -0.4 is 5.32 Å². The minimum atomic E-state index is -0.122. The highest BCUT2D eigenvalue weighted by Gasteiger charge is 2.17. The van der Waals surface area contributed by atoms with Crippen molar-refractivity contribution in [1.29, 1.82) is 0 Å². The van der Waals surface area contributed by atoms with Gasteiger partial charge in [0.05, 0.1) is 6.20 Å². The van der Waals surface area contributed by atoms with E-state index in [0.717, 1.165) is 22.8 Å². The fourth-order valence-corrected chi connectivity index (χ4v) is 3.19. The van der Waals surface area contributed by atoms with E-state index in [1.165, 1.54) is 17.3 Å². The number of aromatic nitrogens is 3. The molecule has 5 nitrogen and oxygen atoms in total. The highest BCUT2D eigenvalue weighted by Crippen LogP contribution is 2.21. The standard InChI is InChI=1S/C19H20N4OS/c1-14-12-20-10-8-15(14)9-11-21-18(24)17-13-22-19(25-2)23(17)16-6-4-3-5-7-16/h3-8,10,12-13H,9,11H2,1-2H3,(H,21,24). The minimum absolute atomic E-state index is 0.122. The number of para-hydroxylation sites is 1. The zero-order chi connectivity index (χ0) is 17.6. The molecule has 0 saturated carbocycles. The third-order valence-corrected chi connectivity index (χ3v) is 4.63. The van der Waals surface area contributed by atoms with Crippen LogP contribution in [0.15, 0.2) is 60.1 Å². The number of pyridine rings is 1. The molecule has 2 heterocycles. The number of rotatable bonds is 6. The van der Waals surface area contributed by atoms with Gasteiger partial charge in [0.25, 0.3) is 5.91 Å². The lowest BCUT2D eigenvalue weighted by molar-refractivity contribution is 0.0946. The van der Waals surface area contributed by atoms with Crippen LogP contribution in [0.3, 0.4) is 0 Å². The van der Waals surface area contributed by atoms with Crippen molar-refractivity contribution in [2.45, 2.75) is 18.5 Å². The number of benzene rings is 1. The third-order valence-electron chi connectivity index (χ3n) is 3.98. The van der Waals surface area contributed by atoms with Gasteiger partial charge in [-0.15, -0.1) is 0 Å². The fraction of sp³-hybridized carbons (Fsp3) is 0.211. The van der Waals surface area contributed by atoms with Crippen LogP contribution in [0, 0.1) is 6.92 Å². The second-order valence-electron chi connectivity index (χ2n) is 5.61. The van der Waals surface area contributed by atoms with E-state index >= 15 is 0 Å². The molecule has 1 amide bonds. The number of aryl methyl sites for hydroxylation is 1. The Balaban J connectivity index is 1.75. The second kappa shape index (κ2) is 7.98. The van der Waals surface area contributed by atoms with Crippen molar-refractivity contribution < 1.29 is 4.79 Å². The van der Waals surface area contributed by atoms with Gasteiger partial charge < -0.3 is 5.32 Å². The van der Waals surface area contributed by atoms with Gasteiger partial charge in [-0.2, -0.15) is 0 Å². The molecule has 0 fully saturated rings. The molecule has 1 aromatic carbocycles. The van der Waals surface area contributed by atoms with Crippen LogP contribution in [0.2, 0.25) is 0 Å².